The van der Waals surface area contributed by atoms with Crippen LogP contribution < -0.4 is 15.4 Å². The van der Waals surface area contributed by atoms with E-state index >= 15 is 0 Å². The molecule has 0 radical (unpaired) electrons. The highest BCUT2D eigenvalue weighted by Crippen LogP contribution is 2.07. The van der Waals surface area contributed by atoms with Crippen molar-refractivity contribution in [2.75, 3.05) is 20.2 Å². The molecule has 2 N–H and O–H groups in total. The zero-order valence-corrected chi connectivity index (χ0v) is 17.5. The predicted molar refractivity (Wildman–Crippen MR) is 114 cm³/mol. The number of guanidine groups is 1. The van der Waals surface area contributed by atoms with Gasteiger partial charge in [-0.1, -0.05) is 25.1 Å². The van der Waals surface area contributed by atoms with Crippen LogP contribution in [0.3, 0.4) is 0 Å². The van der Waals surface area contributed by atoms with Gasteiger partial charge in [0.25, 0.3) is 0 Å². The molecule has 0 saturated heterocycles. The molecule has 0 aliphatic rings. The van der Waals surface area contributed by atoms with E-state index in [2.05, 4.69) is 27.5 Å². The minimum atomic E-state index is -0.214. The first kappa shape index (κ1) is 22.1. The van der Waals surface area contributed by atoms with Crippen molar-refractivity contribution < 1.29 is 9.13 Å². The van der Waals surface area contributed by atoms with Crippen LogP contribution in [0.25, 0.3) is 0 Å². The number of benzene rings is 1. The van der Waals surface area contributed by atoms with Gasteiger partial charge in [-0.2, -0.15) is 0 Å². The molecule has 0 spiro atoms. The smallest absolute Gasteiger partial charge is 0.213 e. The maximum absolute atomic E-state index is 12.9. The molecule has 26 heavy (non-hydrogen) atoms. The van der Waals surface area contributed by atoms with Crippen molar-refractivity contribution in [3.8, 4) is 5.88 Å². The number of nitrogens with one attached hydrogen (secondary N) is 2. The average Bonchev–Trinajstić information content (AvgIpc) is 2.65. The van der Waals surface area contributed by atoms with E-state index in [1.165, 1.54) is 12.1 Å². The lowest BCUT2D eigenvalue weighted by molar-refractivity contribution is 0.305. The zero-order chi connectivity index (χ0) is 17.9. The molecule has 7 heteroatoms. The summed E-state index contributed by atoms with van der Waals surface area (Å²) in [6, 6.07) is 10.4. The number of halogens is 2. The minimum absolute atomic E-state index is 0. The van der Waals surface area contributed by atoms with Crippen LogP contribution in [0.5, 0.6) is 5.88 Å². The second kappa shape index (κ2) is 12.5. The lowest BCUT2D eigenvalue weighted by Gasteiger charge is -2.12. The number of hydrogen-bond donors (Lipinski definition) is 2. The maximum atomic E-state index is 12.9. The van der Waals surface area contributed by atoms with Crippen LogP contribution in [0.1, 0.15) is 24.5 Å². The summed E-state index contributed by atoms with van der Waals surface area (Å²) < 4.78 is 18.4. The zero-order valence-electron chi connectivity index (χ0n) is 15.2. The van der Waals surface area contributed by atoms with Crippen LogP contribution in [0, 0.1) is 5.82 Å². The molecule has 0 atom stereocenters. The molecule has 142 valence electrons. The van der Waals surface area contributed by atoms with Crippen LogP contribution in [0.2, 0.25) is 0 Å². The highest BCUT2D eigenvalue weighted by Gasteiger charge is 2.01. The summed E-state index contributed by atoms with van der Waals surface area (Å²) in [7, 11) is 1.73. The number of pyridine rings is 1. The highest BCUT2D eigenvalue weighted by molar-refractivity contribution is 14.0. The number of aliphatic imine (C=N–C) groups is 1. The van der Waals surface area contributed by atoms with Gasteiger partial charge in [0, 0.05) is 32.4 Å². The number of aromatic nitrogens is 1. The van der Waals surface area contributed by atoms with Crippen LogP contribution in [0.15, 0.2) is 47.6 Å². The van der Waals surface area contributed by atoms with Gasteiger partial charge in [0.2, 0.25) is 5.88 Å². The van der Waals surface area contributed by atoms with Crippen LogP contribution in [-0.4, -0.2) is 31.1 Å². The Balaban J connectivity index is 0.00000338. The normalized spacial score (nSPS) is 10.8. The van der Waals surface area contributed by atoms with E-state index in [9.17, 15) is 4.39 Å². The van der Waals surface area contributed by atoms with Gasteiger partial charge in [0.15, 0.2) is 5.96 Å². The van der Waals surface area contributed by atoms with Crippen molar-refractivity contribution in [3.05, 3.63) is 59.5 Å². The van der Waals surface area contributed by atoms with E-state index in [0.29, 0.717) is 31.5 Å². The minimum Gasteiger partial charge on any atom is -0.478 e. The Kier molecular flexibility index (Phi) is 10.6. The Morgan fingerprint density at radius 2 is 1.85 bits per heavy atom. The summed E-state index contributed by atoms with van der Waals surface area (Å²) >= 11 is 0. The van der Waals surface area contributed by atoms with Crippen molar-refractivity contribution in [1.82, 2.24) is 15.6 Å². The van der Waals surface area contributed by atoms with Gasteiger partial charge in [-0.3, -0.25) is 4.99 Å². The lowest BCUT2D eigenvalue weighted by atomic mass is 10.1. The Morgan fingerprint density at radius 1 is 1.12 bits per heavy atom. The third kappa shape index (κ3) is 7.99. The first-order valence-corrected chi connectivity index (χ1v) is 8.48. The van der Waals surface area contributed by atoms with Gasteiger partial charge >= 0.3 is 0 Å². The number of rotatable bonds is 8. The third-order valence-electron chi connectivity index (χ3n) is 3.55. The SMILES string of the molecule is CCCOc1ccc(CNC(=NC)NCCc2ccc(F)cc2)cn1.I. The second-order valence-corrected chi connectivity index (χ2v) is 5.58. The largest absolute Gasteiger partial charge is 0.478 e. The first-order valence-electron chi connectivity index (χ1n) is 8.48. The van der Waals surface area contributed by atoms with E-state index in [1.54, 1.807) is 25.4 Å². The van der Waals surface area contributed by atoms with E-state index in [-0.39, 0.29) is 29.8 Å². The molecule has 0 saturated carbocycles. The standard InChI is InChI=1S/C19H25FN4O.HI/c1-3-12-25-18-9-6-16(13-23-18)14-24-19(21-2)22-11-10-15-4-7-17(20)8-5-15;/h4-9,13H,3,10-12,14H2,1-2H3,(H2,21,22,24);1H. The van der Waals surface area contributed by atoms with E-state index < -0.39 is 0 Å². The highest BCUT2D eigenvalue weighted by atomic mass is 127. The van der Waals surface area contributed by atoms with E-state index in [1.807, 2.05) is 12.1 Å². The summed E-state index contributed by atoms with van der Waals surface area (Å²) in [5, 5.41) is 6.48. The molecule has 2 rings (SSSR count). The molecule has 1 aromatic heterocycles. The molecule has 1 heterocycles. The summed E-state index contributed by atoms with van der Waals surface area (Å²) in [5.41, 5.74) is 2.13. The first-order chi connectivity index (χ1) is 12.2. The fourth-order valence-electron chi connectivity index (χ4n) is 2.19. The Hall–Kier alpha value is -1.90. The molecular formula is C19H26FIN4O. The second-order valence-electron chi connectivity index (χ2n) is 5.58. The molecule has 0 amide bonds. The third-order valence-corrected chi connectivity index (χ3v) is 3.55. The van der Waals surface area contributed by atoms with Crippen molar-refractivity contribution in [2.45, 2.75) is 26.3 Å². The van der Waals surface area contributed by atoms with Gasteiger partial charge in [-0.25, -0.2) is 9.37 Å². The monoisotopic (exact) mass is 472 g/mol. The molecule has 0 unspecified atom stereocenters. The Morgan fingerprint density at radius 3 is 2.46 bits per heavy atom. The molecule has 1 aromatic carbocycles. The van der Waals surface area contributed by atoms with E-state index in [0.717, 1.165) is 24.0 Å². The Bertz CT molecular complexity index is 662. The van der Waals surface area contributed by atoms with Gasteiger partial charge in [-0.15, -0.1) is 24.0 Å². The summed E-state index contributed by atoms with van der Waals surface area (Å²) in [5.74, 6) is 1.15. The van der Waals surface area contributed by atoms with Crippen LogP contribution in [-0.2, 0) is 13.0 Å². The fraction of sp³-hybridized carbons (Fsp3) is 0.368. The van der Waals surface area contributed by atoms with Crippen LogP contribution in [0.4, 0.5) is 4.39 Å². The quantitative estimate of drug-likeness (QED) is 0.351. The van der Waals surface area contributed by atoms with Gasteiger partial charge < -0.3 is 15.4 Å². The number of hydrogen-bond acceptors (Lipinski definition) is 3. The summed E-state index contributed by atoms with van der Waals surface area (Å²) in [6.45, 7) is 4.08. The van der Waals surface area contributed by atoms with Crippen molar-refractivity contribution in [1.29, 1.82) is 0 Å². The maximum Gasteiger partial charge on any atom is 0.213 e. The molecule has 0 aliphatic carbocycles. The van der Waals surface area contributed by atoms with Crippen molar-refractivity contribution in [2.24, 2.45) is 4.99 Å². The van der Waals surface area contributed by atoms with Crippen molar-refractivity contribution >= 4 is 29.9 Å². The molecule has 5 nitrogen and oxygen atoms in total. The number of ether oxygens (including phenoxy) is 1. The van der Waals surface area contributed by atoms with Crippen molar-refractivity contribution in [3.63, 3.8) is 0 Å². The molecule has 0 fully saturated rings. The predicted octanol–water partition coefficient (Wildman–Crippen LogP) is 3.54. The Labute approximate surface area is 171 Å². The summed E-state index contributed by atoms with van der Waals surface area (Å²) in [4.78, 5) is 8.47. The topological polar surface area (TPSA) is 58.5 Å². The van der Waals surface area contributed by atoms with Gasteiger partial charge in [-0.05, 0) is 36.1 Å². The molecule has 0 aliphatic heterocycles. The fourth-order valence-corrected chi connectivity index (χ4v) is 2.19. The summed E-state index contributed by atoms with van der Waals surface area (Å²) in [6.07, 6.45) is 3.56. The van der Waals surface area contributed by atoms with Gasteiger partial charge in [0.1, 0.15) is 5.82 Å². The lowest BCUT2D eigenvalue weighted by Crippen LogP contribution is -2.37. The van der Waals surface area contributed by atoms with Gasteiger partial charge in [0.05, 0.1) is 6.61 Å². The molecule has 0 bridgehead atoms. The molecule has 2 aromatic rings. The van der Waals surface area contributed by atoms with E-state index in [4.69, 9.17) is 4.74 Å². The number of nitrogens with zero attached hydrogens (tertiary/aromatic N) is 2. The van der Waals surface area contributed by atoms with Crippen LogP contribution >= 0.6 is 24.0 Å². The molecular weight excluding hydrogens is 446 g/mol. The average molecular weight is 472 g/mol.